The Hall–Kier alpha value is -2.77. The summed E-state index contributed by atoms with van der Waals surface area (Å²) in [5, 5.41) is 9.12. The number of hydrogen-bond acceptors (Lipinski definition) is 3. The third-order valence-corrected chi connectivity index (χ3v) is 6.64. The zero-order valence-electron chi connectivity index (χ0n) is 18.1. The van der Waals surface area contributed by atoms with E-state index < -0.39 is 0 Å². The summed E-state index contributed by atoms with van der Waals surface area (Å²) in [5.41, 5.74) is 4.59. The maximum atomic E-state index is 13.2. The minimum absolute atomic E-state index is 0.0852. The second kappa shape index (κ2) is 10.4. The van der Waals surface area contributed by atoms with Crippen molar-refractivity contribution in [1.29, 1.82) is 0 Å². The lowest BCUT2D eigenvalue weighted by atomic mass is 9.98. The Morgan fingerprint density at radius 3 is 2.24 bits per heavy atom. The topological polar surface area (TPSA) is 61.8 Å². The lowest BCUT2D eigenvalue weighted by molar-refractivity contribution is -0.134. The molecule has 7 heteroatoms. The molecular formula is C26H23Br2N3O2. The van der Waals surface area contributed by atoms with E-state index in [1.807, 2.05) is 79.7 Å². The first-order chi connectivity index (χ1) is 15.9. The van der Waals surface area contributed by atoms with E-state index in [1.54, 1.807) is 5.01 Å². The number of hydrazone groups is 1. The first kappa shape index (κ1) is 23.4. The van der Waals surface area contributed by atoms with Crippen LogP contribution in [0, 0.1) is 6.92 Å². The van der Waals surface area contributed by atoms with Crippen LogP contribution in [0.2, 0.25) is 0 Å². The molecular weight excluding hydrogens is 546 g/mol. The third-order valence-electron chi connectivity index (χ3n) is 5.58. The second-order valence-corrected chi connectivity index (χ2v) is 9.76. The van der Waals surface area contributed by atoms with Gasteiger partial charge in [0, 0.05) is 33.9 Å². The van der Waals surface area contributed by atoms with Crippen molar-refractivity contribution < 1.29 is 9.59 Å². The van der Waals surface area contributed by atoms with Crippen LogP contribution < -0.4 is 5.32 Å². The van der Waals surface area contributed by atoms with Crippen LogP contribution in [0.25, 0.3) is 0 Å². The molecule has 0 saturated heterocycles. The van der Waals surface area contributed by atoms with Gasteiger partial charge in [0.15, 0.2) is 0 Å². The van der Waals surface area contributed by atoms with Crippen LogP contribution in [0.3, 0.4) is 0 Å². The number of halogens is 2. The maximum absolute atomic E-state index is 13.2. The van der Waals surface area contributed by atoms with Gasteiger partial charge in [-0.3, -0.25) is 9.59 Å². The molecule has 1 aliphatic rings. The summed E-state index contributed by atoms with van der Waals surface area (Å²) in [6.45, 7) is 1.94. The zero-order chi connectivity index (χ0) is 23.4. The highest BCUT2D eigenvalue weighted by atomic mass is 79.9. The molecule has 0 spiro atoms. The number of anilines is 1. The fourth-order valence-electron chi connectivity index (χ4n) is 3.76. The monoisotopic (exact) mass is 567 g/mol. The van der Waals surface area contributed by atoms with E-state index in [4.69, 9.17) is 0 Å². The zero-order valence-corrected chi connectivity index (χ0v) is 21.3. The van der Waals surface area contributed by atoms with Crippen molar-refractivity contribution in [2.24, 2.45) is 5.10 Å². The Morgan fingerprint density at radius 1 is 0.939 bits per heavy atom. The van der Waals surface area contributed by atoms with Crippen molar-refractivity contribution in [2.75, 3.05) is 5.32 Å². The first-order valence-corrected chi connectivity index (χ1v) is 12.3. The Morgan fingerprint density at radius 2 is 1.58 bits per heavy atom. The van der Waals surface area contributed by atoms with E-state index in [9.17, 15) is 9.59 Å². The number of carbonyl (C=O) groups excluding carboxylic acids is 2. The molecule has 168 valence electrons. The number of aryl methyl sites for hydroxylation is 1. The highest BCUT2D eigenvalue weighted by Crippen LogP contribution is 2.34. The number of hydrogen-bond donors (Lipinski definition) is 1. The molecule has 3 aromatic carbocycles. The van der Waals surface area contributed by atoms with E-state index in [1.165, 1.54) is 0 Å². The molecule has 0 saturated carbocycles. The predicted octanol–water partition coefficient (Wildman–Crippen LogP) is 6.62. The van der Waals surface area contributed by atoms with Gasteiger partial charge in [-0.25, -0.2) is 5.01 Å². The molecule has 1 atom stereocenters. The third kappa shape index (κ3) is 5.78. The van der Waals surface area contributed by atoms with Crippen LogP contribution >= 0.6 is 31.9 Å². The van der Waals surface area contributed by atoms with Gasteiger partial charge < -0.3 is 5.32 Å². The van der Waals surface area contributed by atoms with Crippen LogP contribution in [0.15, 0.2) is 86.8 Å². The van der Waals surface area contributed by atoms with Crippen LogP contribution in [0.5, 0.6) is 0 Å². The first-order valence-electron chi connectivity index (χ1n) is 10.7. The van der Waals surface area contributed by atoms with Crippen molar-refractivity contribution in [2.45, 2.75) is 32.2 Å². The highest BCUT2D eigenvalue weighted by molar-refractivity contribution is 9.10. The molecule has 2 amide bonds. The number of amides is 2. The molecule has 5 nitrogen and oxygen atoms in total. The number of nitrogens with one attached hydrogen (secondary N) is 1. The fourth-order valence-corrected chi connectivity index (χ4v) is 4.29. The quantitative estimate of drug-likeness (QED) is 0.363. The van der Waals surface area contributed by atoms with Gasteiger partial charge in [-0.05, 0) is 53.9 Å². The molecule has 4 rings (SSSR count). The van der Waals surface area contributed by atoms with Crippen LogP contribution in [0.1, 0.15) is 42.0 Å². The van der Waals surface area contributed by atoms with E-state index in [0.29, 0.717) is 6.42 Å². The van der Waals surface area contributed by atoms with E-state index in [2.05, 4.69) is 42.3 Å². The maximum Gasteiger partial charge on any atom is 0.243 e. The molecule has 0 radical (unpaired) electrons. The summed E-state index contributed by atoms with van der Waals surface area (Å²) in [5.74, 6) is -0.357. The smallest absolute Gasteiger partial charge is 0.243 e. The van der Waals surface area contributed by atoms with Gasteiger partial charge in [0.05, 0.1) is 11.8 Å². The van der Waals surface area contributed by atoms with Crippen molar-refractivity contribution in [3.05, 3.63) is 98.4 Å². The van der Waals surface area contributed by atoms with Gasteiger partial charge in [0.25, 0.3) is 0 Å². The van der Waals surface area contributed by atoms with Crippen molar-refractivity contribution in [1.82, 2.24) is 5.01 Å². The van der Waals surface area contributed by atoms with Gasteiger partial charge in [0.2, 0.25) is 11.8 Å². The van der Waals surface area contributed by atoms with Crippen molar-refractivity contribution in [3.63, 3.8) is 0 Å². The van der Waals surface area contributed by atoms with E-state index in [0.717, 1.165) is 37.0 Å². The molecule has 1 N–H and O–H groups in total. The number of carbonyl (C=O) groups is 2. The SMILES string of the molecule is Cc1ccccc1NC(=O)CCC(=O)N1N=C(c2ccc(Br)cc2)CC1c1ccc(Br)cc1. The number of benzene rings is 3. The normalized spacial score (nSPS) is 15.3. The Kier molecular flexibility index (Phi) is 7.40. The Balaban J connectivity index is 1.50. The van der Waals surface area contributed by atoms with Crippen molar-refractivity contribution in [3.8, 4) is 0 Å². The van der Waals surface area contributed by atoms with Gasteiger partial charge in [0.1, 0.15) is 0 Å². The molecule has 0 bridgehead atoms. The summed E-state index contributed by atoms with van der Waals surface area (Å²) < 4.78 is 1.96. The molecule has 33 heavy (non-hydrogen) atoms. The molecule has 0 fully saturated rings. The summed E-state index contributed by atoms with van der Waals surface area (Å²) in [4.78, 5) is 25.6. The Bertz CT molecular complexity index is 1190. The standard InChI is InChI=1S/C26H23Br2N3O2/c1-17-4-2-3-5-22(17)29-25(32)14-15-26(33)31-24(19-8-12-21(28)13-9-19)16-23(30-31)18-6-10-20(27)11-7-18/h2-13,24H,14-16H2,1H3,(H,29,32). The summed E-state index contributed by atoms with van der Waals surface area (Å²) in [7, 11) is 0. The average molecular weight is 569 g/mol. The summed E-state index contributed by atoms with van der Waals surface area (Å²) in [6, 6.07) is 23.2. The number of para-hydroxylation sites is 1. The highest BCUT2D eigenvalue weighted by Gasteiger charge is 2.33. The van der Waals surface area contributed by atoms with Gasteiger partial charge in [-0.2, -0.15) is 5.10 Å². The molecule has 1 heterocycles. The lowest BCUT2D eigenvalue weighted by Crippen LogP contribution is -2.28. The second-order valence-electron chi connectivity index (χ2n) is 7.93. The minimum atomic E-state index is -0.205. The number of nitrogens with zero attached hydrogens (tertiary/aromatic N) is 2. The van der Waals surface area contributed by atoms with Crippen LogP contribution in [-0.4, -0.2) is 22.5 Å². The molecule has 0 aromatic heterocycles. The lowest BCUT2D eigenvalue weighted by Gasteiger charge is -2.22. The Labute approximate surface area is 210 Å². The fraction of sp³-hybridized carbons (Fsp3) is 0.192. The van der Waals surface area contributed by atoms with Gasteiger partial charge >= 0.3 is 0 Å². The van der Waals surface area contributed by atoms with Crippen LogP contribution in [-0.2, 0) is 9.59 Å². The van der Waals surface area contributed by atoms with Gasteiger partial charge in [-0.15, -0.1) is 0 Å². The van der Waals surface area contributed by atoms with E-state index >= 15 is 0 Å². The molecule has 1 unspecified atom stereocenters. The van der Waals surface area contributed by atoms with E-state index in [-0.39, 0.29) is 30.7 Å². The molecule has 3 aromatic rings. The number of rotatable bonds is 6. The molecule has 0 aliphatic carbocycles. The van der Waals surface area contributed by atoms with Gasteiger partial charge in [-0.1, -0.05) is 74.3 Å². The average Bonchev–Trinajstić information content (AvgIpc) is 3.25. The predicted molar refractivity (Wildman–Crippen MR) is 138 cm³/mol. The summed E-state index contributed by atoms with van der Waals surface area (Å²) >= 11 is 6.93. The van der Waals surface area contributed by atoms with Crippen LogP contribution in [0.4, 0.5) is 5.69 Å². The largest absolute Gasteiger partial charge is 0.326 e. The minimum Gasteiger partial charge on any atom is -0.326 e. The molecule has 1 aliphatic heterocycles. The van der Waals surface area contributed by atoms with Crippen molar-refractivity contribution >= 4 is 55.1 Å². The summed E-state index contributed by atoms with van der Waals surface area (Å²) in [6.07, 6.45) is 0.798.